The summed E-state index contributed by atoms with van der Waals surface area (Å²) in [6.45, 7) is 7.03. The number of carbonyl (C=O) groups excluding carboxylic acids is 2. The zero-order valence-corrected chi connectivity index (χ0v) is 53.0. The minimum atomic E-state index is -5.25. The second-order valence-electron chi connectivity index (χ2n) is 23.6. The van der Waals surface area contributed by atoms with Gasteiger partial charge in [0.2, 0.25) is 11.8 Å². The van der Waals surface area contributed by atoms with Gasteiger partial charge in [0.25, 0.3) is 17.2 Å². The van der Waals surface area contributed by atoms with E-state index in [4.69, 9.17) is 25.2 Å². The number of phosphoric acid groups is 1. The molecule has 0 radical (unpaired) electrons. The molecule has 3 N–H and O–H groups in total. The van der Waals surface area contributed by atoms with E-state index < -0.39 is 195 Å². The van der Waals surface area contributed by atoms with Gasteiger partial charge in [0, 0.05) is 57.7 Å². The lowest BCUT2D eigenvalue weighted by Crippen LogP contribution is -2.37. The van der Waals surface area contributed by atoms with Gasteiger partial charge in [-0.3, -0.25) is 37.3 Å². The number of sulfone groups is 1. The van der Waals surface area contributed by atoms with Crippen LogP contribution >= 0.6 is 19.4 Å². The first kappa shape index (κ1) is 69.9. The molecular formula is C58H59ClF10N7O12PS2. The Morgan fingerprint density at radius 2 is 1.56 bits per heavy atom. The molecule has 6 aromatic rings. The van der Waals surface area contributed by atoms with Crippen LogP contribution in [0.2, 0.25) is 5.02 Å². The maximum absolute atomic E-state index is 15.8. The lowest BCUT2D eigenvalue weighted by Gasteiger charge is -2.32. The number of aliphatic carboxylic acids is 1. The highest BCUT2D eigenvalue weighted by atomic mass is 35.5. The van der Waals surface area contributed by atoms with E-state index in [2.05, 4.69) is 32.3 Å². The minimum Gasteiger partial charge on any atom is -0.481 e. The van der Waals surface area contributed by atoms with Gasteiger partial charge in [-0.2, -0.15) is 45.3 Å². The number of halogens is 11. The average molecular weight is 1370 g/mol. The Hall–Kier alpha value is -6.94. The summed E-state index contributed by atoms with van der Waals surface area (Å²) < 4.78 is 229. The van der Waals surface area contributed by atoms with Crippen LogP contribution in [0.3, 0.4) is 0 Å². The molecule has 0 spiro atoms. The van der Waals surface area contributed by atoms with Crippen molar-refractivity contribution in [3.63, 3.8) is 0 Å². The Kier molecular flexibility index (Phi) is 19.6. The number of phosphoric ester groups is 1. The van der Waals surface area contributed by atoms with Crippen LogP contribution < -0.4 is 9.84 Å². The Bertz CT molecular complexity index is 4110. The van der Waals surface area contributed by atoms with Crippen LogP contribution in [-0.2, 0) is 99.1 Å². The van der Waals surface area contributed by atoms with E-state index in [0.717, 1.165) is 36.6 Å². The molecule has 3 aromatic heterocycles. The SMILES string of the molecule is CC(C)OP(=O)(Oc1cccc(CC(=O)O)c1C(C)(C)CC(=O)N(Cc1nn(CC(F)(F)F)c2c(-c3ccc(C#CC(C)(C)S(C)(=O)=O)nc3[C@H](Cc3cc(F)cc(F)c3)NC(=O)Cn3nc(C(F)(F)F)c4c3C(F)(F)[C@@H]3C[C@H]43)ccc(Cl)c12)S(=O)O)OC(C)C. The molecule has 1 fully saturated rings. The van der Waals surface area contributed by atoms with E-state index in [1.54, 1.807) is 0 Å². The number of carboxylic acid groups (broad SMARTS) is 1. The molecule has 19 nitrogen and oxygen atoms in total. The van der Waals surface area contributed by atoms with Crippen molar-refractivity contribution in [3.05, 3.63) is 128 Å². The third kappa shape index (κ3) is 15.6. The third-order valence-corrected chi connectivity index (χ3v) is 19.5. The van der Waals surface area contributed by atoms with Gasteiger partial charge in [-0.1, -0.05) is 49.6 Å². The van der Waals surface area contributed by atoms with Gasteiger partial charge < -0.3 is 14.9 Å². The van der Waals surface area contributed by atoms with Crippen LogP contribution in [0.25, 0.3) is 22.0 Å². The molecule has 2 aliphatic rings. The fraction of sp³-hybridized carbons (Fsp3) is 0.448. The largest absolute Gasteiger partial charge is 0.530 e. The number of carboxylic acids is 1. The Morgan fingerprint density at radius 1 is 0.934 bits per heavy atom. The second-order valence-corrected chi connectivity index (χ2v) is 28.9. The summed E-state index contributed by atoms with van der Waals surface area (Å²) in [4.78, 5) is 45.9. The monoisotopic (exact) mass is 1370 g/mol. The summed E-state index contributed by atoms with van der Waals surface area (Å²) in [5.41, 5.74) is -8.06. The maximum atomic E-state index is 15.8. The fourth-order valence-corrected chi connectivity index (χ4v) is 13.3. The van der Waals surface area contributed by atoms with Crippen molar-refractivity contribution in [1.82, 2.24) is 34.2 Å². The molecule has 91 heavy (non-hydrogen) atoms. The molecule has 4 atom stereocenters. The van der Waals surface area contributed by atoms with E-state index in [1.165, 1.54) is 79.7 Å². The van der Waals surface area contributed by atoms with Crippen molar-refractivity contribution in [2.45, 2.75) is 153 Å². The van der Waals surface area contributed by atoms with Gasteiger partial charge in [-0.15, -0.1) is 0 Å². The number of benzene rings is 3. The number of nitrogens with zero attached hydrogens (tertiary/aromatic N) is 6. The molecular weight excluding hydrogens is 1310 g/mol. The van der Waals surface area contributed by atoms with Crippen molar-refractivity contribution in [3.8, 4) is 28.7 Å². The van der Waals surface area contributed by atoms with E-state index in [9.17, 15) is 67.6 Å². The number of pyridine rings is 1. The van der Waals surface area contributed by atoms with Crippen molar-refractivity contribution >= 4 is 69.2 Å². The number of hydrogen-bond donors (Lipinski definition) is 3. The summed E-state index contributed by atoms with van der Waals surface area (Å²) >= 11 is 3.48. The number of aromatic nitrogens is 5. The summed E-state index contributed by atoms with van der Waals surface area (Å²) in [5.74, 6) is -7.99. The molecule has 2 amide bonds. The van der Waals surface area contributed by atoms with E-state index >= 15 is 17.6 Å². The highest BCUT2D eigenvalue weighted by Gasteiger charge is 2.68. The third-order valence-electron chi connectivity index (χ3n) is 14.8. The van der Waals surface area contributed by atoms with Crippen molar-refractivity contribution < 1.29 is 98.7 Å². The first-order valence-electron chi connectivity index (χ1n) is 27.6. The first-order valence-corrected chi connectivity index (χ1v) is 32.4. The number of alkyl halides is 8. The second kappa shape index (κ2) is 25.5. The Morgan fingerprint density at radius 3 is 2.13 bits per heavy atom. The molecule has 8 rings (SSSR count). The number of hydrogen-bond acceptors (Lipinski definition) is 13. The predicted octanol–water partition coefficient (Wildman–Crippen LogP) is 12.1. The zero-order chi connectivity index (χ0) is 67.6. The zero-order valence-electron chi connectivity index (χ0n) is 49.7. The summed E-state index contributed by atoms with van der Waals surface area (Å²) in [6, 6.07) is 8.89. The number of rotatable bonds is 23. The van der Waals surface area contributed by atoms with Crippen LogP contribution in [0, 0.1) is 29.4 Å². The quantitative estimate of drug-likeness (QED) is 0.0233. The summed E-state index contributed by atoms with van der Waals surface area (Å²) in [5, 5.41) is 19.2. The van der Waals surface area contributed by atoms with E-state index in [1.807, 2.05) is 0 Å². The minimum absolute atomic E-state index is 0.0225. The number of carbonyl (C=O) groups is 3. The molecule has 3 aromatic carbocycles. The average Bonchev–Trinajstić information content (AvgIpc) is 1.52. The van der Waals surface area contributed by atoms with Crippen molar-refractivity contribution in [2.24, 2.45) is 5.92 Å². The molecule has 492 valence electrons. The maximum Gasteiger partial charge on any atom is 0.530 e. The van der Waals surface area contributed by atoms with Gasteiger partial charge in [-0.25, -0.2) is 35.3 Å². The molecule has 0 bridgehead atoms. The van der Waals surface area contributed by atoms with E-state index in [-0.39, 0.29) is 55.4 Å². The first-order chi connectivity index (χ1) is 41.9. The highest BCUT2D eigenvalue weighted by Crippen LogP contribution is 2.68. The predicted molar refractivity (Wildman–Crippen MR) is 310 cm³/mol. The molecule has 1 unspecified atom stereocenters. The van der Waals surface area contributed by atoms with Gasteiger partial charge in [0.15, 0.2) is 15.5 Å². The normalized spacial score (nSPS) is 16.5. The Balaban J connectivity index is 1.28. The number of nitrogens with one attached hydrogen (secondary N) is 1. The van der Waals surface area contributed by atoms with Gasteiger partial charge in [0.05, 0.1) is 53.1 Å². The number of fused-ring (bicyclic) bond motifs is 4. The highest BCUT2D eigenvalue weighted by molar-refractivity contribution is 7.92. The molecule has 0 aliphatic heterocycles. The Labute approximate surface area is 522 Å². The van der Waals surface area contributed by atoms with Crippen molar-refractivity contribution in [2.75, 3.05) is 6.26 Å². The lowest BCUT2D eigenvalue weighted by atomic mass is 9.77. The molecule has 2 aliphatic carbocycles. The van der Waals surface area contributed by atoms with Gasteiger partial charge >= 0.3 is 26.1 Å². The molecule has 0 saturated heterocycles. The molecule has 1 saturated carbocycles. The number of amides is 2. The smallest absolute Gasteiger partial charge is 0.481 e. The van der Waals surface area contributed by atoms with Crippen LogP contribution in [0.1, 0.15) is 131 Å². The molecule has 33 heteroatoms. The van der Waals surface area contributed by atoms with Gasteiger partial charge in [0.1, 0.15) is 46.6 Å². The van der Waals surface area contributed by atoms with Gasteiger partial charge in [-0.05, 0) is 114 Å². The summed E-state index contributed by atoms with van der Waals surface area (Å²) in [7, 11) is -8.48. The fourth-order valence-electron chi connectivity index (χ4n) is 10.8. The van der Waals surface area contributed by atoms with Crippen LogP contribution in [0.4, 0.5) is 43.9 Å². The van der Waals surface area contributed by atoms with E-state index in [0.29, 0.717) is 15.1 Å². The lowest BCUT2D eigenvalue weighted by molar-refractivity contribution is -0.143. The van der Waals surface area contributed by atoms with Crippen LogP contribution in [0.5, 0.6) is 5.75 Å². The van der Waals surface area contributed by atoms with Crippen LogP contribution in [0.15, 0.2) is 60.7 Å². The molecule has 3 heterocycles. The summed E-state index contributed by atoms with van der Waals surface area (Å²) in [6.07, 6.45) is -13.5. The topological polar surface area (TPSA) is 251 Å². The van der Waals surface area contributed by atoms with Crippen LogP contribution in [-0.4, -0.2) is 98.3 Å². The standard InChI is InChI=1S/C58H59ClF10N7O12PS2/c1-29(2)86-89(81,87-30(3)4)88-43-12-10-11-32(22-46(79)80)49(43)54(5,6)25-45(78)76(90(82)83)26-42-48-40(59)16-15-37(51(48)75(72-42)28-56(62,63)64)36-14-13-35(17-18-55(7,8)91(9,84)85)70-50(36)41(21-31-19-33(60)23-34(61)20-31)71-44(77)27-74-53-47(52(73-74)58(67,68)69)38-24-39(38)57(53,65)66/h10-16,19-20,23,29-30,38-39,41H,21-22,24-28H2,1-9H3,(H,71,77)(H,79,80)(H,82,83)/t38-,39+,41-/m0/s1. The van der Waals surface area contributed by atoms with Crippen molar-refractivity contribution in [1.29, 1.82) is 0 Å².